The van der Waals surface area contributed by atoms with Crippen molar-refractivity contribution in [3.63, 3.8) is 0 Å². The number of thiocarbonyl (C=S) groups is 1. The summed E-state index contributed by atoms with van der Waals surface area (Å²) in [6.07, 6.45) is 0. The normalized spacial score (nSPS) is 14.0. The quantitative estimate of drug-likeness (QED) is 0.426. The third-order valence-corrected chi connectivity index (χ3v) is 6.76. The van der Waals surface area contributed by atoms with E-state index in [-0.39, 0.29) is 11.0 Å². The van der Waals surface area contributed by atoms with Crippen molar-refractivity contribution in [3.8, 4) is 0 Å². The zero-order valence-corrected chi connectivity index (χ0v) is 21.2. The fourth-order valence-corrected chi connectivity index (χ4v) is 4.72. The predicted octanol–water partition coefficient (Wildman–Crippen LogP) is 5.75. The van der Waals surface area contributed by atoms with Crippen molar-refractivity contribution in [1.82, 2.24) is 10.2 Å². The molecule has 0 saturated carbocycles. The van der Waals surface area contributed by atoms with E-state index in [1.165, 1.54) is 0 Å². The van der Waals surface area contributed by atoms with Gasteiger partial charge in [-0.1, -0.05) is 59.6 Å². The highest BCUT2D eigenvalue weighted by Gasteiger charge is 2.20. The first-order valence-corrected chi connectivity index (χ1v) is 12.3. The molecule has 0 aliphatic carbocycles. The number of benzene rings is 3. The third-order valence-electron chi connectivity index (χ3n) is 5.89. The molecule has 0 radical (unpaired) electrons. The maximum atomic E-state index is 12.5. The molecule has 2 N–H and O–H groups in total. The van der Waals surface area contributed by atoms with Crippen molar-refractivity contribution in [3.05, 3.63) is 93.5 Å². The number of anilines is 2. The fourth-order valence-electron chi connectivity index (χ4n) is 4.02. The molecule has 0 atom stereocenters. The molecule has 0 spiro atoms. The smallest absolute Gasteiger partial charge is 0.257 e. The molecule has 1 amide bonds. The minimum Gasteiger partial charge on any atom is -0.368 e. The van der Waals surface area contributed by atoms with Crippen LogP contribution in [0.2, 0.25) is 10.0 Å². The lowest BCUT2D eigenvalue weighted by molar-refractivity contribution is 0.0977. The number of aryl methyl sites for hydroxylation is 1. The Morgan fingerprint density at radius 3 is 2.35 bits per heavy atom. The number of piperazine rings is 1. The lowest BCUT2D eigenvalue weighted by atomic mass is 10.1. The molecule has 3 aromatic carbocycles. The Kier molecular flexibility index (Phi) is 8.06. The minimum absolute atomic E-state index is 0.227. The number of amides is 1. The Bertz CT molecular complexity index is 1190. The SMILES string of the molecule is Cc1ccccc1C(=O)NC(=S)Nc1ccc(N2CCN(Cc3ccccc3Cl)CC2)c(Cl)c1. The Morgan fingerprint density at radius 1 is 0.941 bits per heavy atom. The molecule has 5 nitrogen and oxygen atoms in total. The molecule has 3 aromatic rings. The number of hydrogen-bond acceptors (Lipinski definition) is 4. The summed E-state index contributed by atoms with van der Waals surface area (Å²) in [5.74, 6) is -0.243. The van der Waals surface area contributed by atoms with E-state index in [0.29, 0.717) is 10.6 Å². The van der Waals surface area contributed by atoms with Crippen LogP contribution >= 0.6 is 35.4 Å². The zero-order chi connectivity index (χ0) is 24.1. The van der Waals surface area contributed by atoms with Gasteiger partial charge in [-0.3, -0.25) is 15.0 Å². The van der Waals surface area contributed by atoms with Gasteiger partial charge in [0.2, 0.25) is 0 Å². The Labute approximate surface area is 215 Å². The molecule has 1 saturated heterocycles. The number of halogens is 2. The molecule has 1 fully saturated rings. The van der Waals surface area contributed by atoms with Crippen LogP contribution in [0.15, 0.2) is 66.7 Å². The van der Waals surface area contributed by atoms with Crippen LogP contribution in [0, 0.1) is 6.92 Å². The fraction of sp³-hybridized carbons (Fsp3) is 0.231. The van der Waals surface area contributed by atoms with Crippen LogP contribution in [0.25, 0.3) is 0 Å². The topological polar surface area (TPSA) is 47.6 Å². The van der Waals surface area contributed by atoms with Gasteiger partial charge < -0.3 is 10.2 Å². The van der Waals surface area contributed by atoms with Crippen molar-refractivity contribution in [1.29, 1.82) is 0 Å². The predicted molar refractivity (Wildman–Crippen MR) is 145 cm³/mol. The maximum absolute atomic E-state index is 12.5. The van der Waals surface area contributed by atoms with Crippen LogP contribution in [0.3, 0.4) is 0 Å². The zero-order valence-electron chi connectivity index (χ0n) is 18.9. The maximum Gasteiger partial charge on any atom is 0.257 e. The molecular weight excluding hydrogens is 487 g/mol. The lowest BCUT2D eigenvalue weighted by Crippen LogP contribution is -2.46. The molecule has 1 aliphatic heterocycles. The lowest BCUT2D eigenvalue weighted by Gasteiger charge is -2.36. The summed E-state index contributed by atoms with van der Waals surface area (Å²) in [6.45, 7) is 6.34. The molecule has 34 heavy (non-hydrogen) atoms. The van der Waals surface area contributed by atoms with Gasteiger partial charge in [-0.25, -0.2) is 0 Å². The average Bonchev–Trinajstić information content (AvgIpc) is 2.81. The van der Waals surface area contributed by atoms with E-state index in [2.05, 4.69) is 26.5 Å². The minimum atomic E-state index is -0.243. The standard InChI is InChI=1S/C26H26Cl2N4OS/c1-18-6-2-4-8-21(18)25(33)30-26(34)29-20-10-11-24(23(28)16-20)32-14-12-31(13-15-32)17-19-7-3-5-9-22(19)27/h2-11,16H,12-15,17H2,1H3,(H2,29,30,33,34). The number of nitrogens with zero attached hydrogens (tertiary/aromatic N) is 2. The van der Waals surface area contributed by atoms with Crippen molar-refractivity contribution in [2.24, 2.45) is 0 Å². The second-order valence-electron chi connectivity index (χ2n) is 8.24. The molecule has 0 aromatic heterocycles. The molecule has 0 bridgehead atoms. The summed E-state index contributed by atoms with van der Waals surface area (Å²) in [5, 5.41) is 7.45. The van der Waals surface area contributed by atoms with E-state index in [1.54, 1.807) is 6.07 Å². The Morgan fingerprint density at radius 2 is 1.65 bits per heavy atom. The summed E-state index contributed by atoms with van der Waals surface area (Å²) in [7, 11) is 0. The van der Waals surface area contributed by atoms with E-state index < -0.39 is 0 Å². The van der Waals surface area contributed by atoms with Crippen LogP contribution in [0.5, 0.6) is 0 Å². The first-order chi connectivity index (χ1) is 16.4. The highest BCUT2D eigenvalue weighted by atomic mass is 35.5. The number of hydrogen-bond donors (Lipinski definition) is 2. The van der Waals surface area contributed by atoms with Crippen molar-refractivity contribution in [2.45, 2.75) is 13.5 Å². The molecule has 176 valence electrons. The molecule has 8 heteroatoms. The van der Waals surface area contributed by atoms with Gasteiger partial charge in [0, 0.05) is 49.0 Å². The van der Waals surface area contributed by atoms with Gasteiger partial charge in [0.05, 0.1) is 10.7 Å². The van der Waals surface area contributed by atoms with Crippen LogP contribution in [0.1, 0.15) is 21.5 Å². The van der Waals surface area contributed by atoms with Gasteiger partial charge in [-0.15, -0.1) is 0 Å². The van der Waals surface area contributed by atoms with Crippen molar-refractivity contribution >= 4 is 57.8 Å². The number of nitrogens with one attached hydrogen (secondary N) is 2. The van der Waals surface area contributed by atoms with Crippen LogP contribution < -0.4 is 15.5 Å². The molecular formula is C26H26Cl2N4OS. The first-order valence-electron chi connectivity index (χ1n) is 11.1. The summed E-state index contributed by atoms with van der Waals surface area (Å²) in [4.78, 5) is 17.2. The molecule has 0 unspecified atom stereocenters. The van der Waals surface area contributed by atoms with E-state index in [0.717, 1.165) is 60.2 Å². The Hall–Kier alpha value is -2.64. The van der Waals surface area contributed by atoms with Gasteiger partial charge in [0.25, 0.3) is 5.91 Å². The monoisotopic (exact) mass is 512 g/mol. The van der Waals surface area contributed by atoms with Gasteiger partial charge in [0.1, 0.15) is 0 Å². The summed E-state index contributed by atoms with van der Waals surface area (Å²) in [5.41, 5.74) is 4.34. The van der Waals surface area contributed by atoms with Crippen LogP contribution in [-0.4, -0.2) is 42.1 Å². The largest absolute Gasteiger partial charge is 0.368 e. The molecule has 1 heterocycles. The molecule has 1 aliphatic rings. The molecule has 4 rings (SSSR count). The Balaban J connectivity index is 1.32. The van der Waals surface area contributed by atoms with Gasteiger partial charge >= 0.3 is 0 Å². The van der Waals surface area contributed by atoms with E-state index in [4.69, 9.17) is 35.4 Å². The third kappa shape index (κ3) is 6.07. The summed E-state index contributed by atoms with van der Waals surface area (Å²) in [6, 6.07) is 21.1. The van der Waals surface area contributed by atoms with Gasteiger partial charge in [-0.2, -0.15) is 0 Å². The van der Waals surface area contributed by atoms with Gasteiger partial charge in [-0.05, 0) is 60.6 Å². The highest BCUT2D eigenvalue weighted by Crippen LogP contribution is 2.30. The second kappa shape index (κ2) is 11.2. The summed E-state index contributed by atoms with van der Waals surface area (Å²) < 4.78 is 0. The highest BCUT2D eigenvalue weighted by molar-refractivity contribution is 7.80. The van der Waals surface area contributed by atoms with Crippen LogP contribution in [0.4, 0.5) is 11.4 Å². The average molecular weight is 513 g/mol. The van der Waals surface area contributed by atoms with Gasteiger partial charge in [0.15, 0.2) is 5.11 Å². The van der Waals surface area contributed by atoms with E-state index >= 15 is 0 Å². The van der Waals surface area contributed by atoms with Crippen LogP contribution in [-0.2, 0) is 6.54 Å². The van der Waals surface area contributed by atoms with Crippen molar-refractivity contribution < 1.29 is 4.79 Å². The first kappa shape index (κ1) is 24.5. The summed E-state index contributed by atoms with van der Waals surface area (Å²) >= 11 is 18.2. The number of rotatable bonds is 5. The van der Waals surface area contributed by atoms with Crippen molar-refractivity contribution in [2.75, 3.05) is 36.4 Å². The number of carbonyl (C=O) groups excluding carboxylic acids is 1. The second-order valence-corrected chi connectivity index (χ2v) is 9.47. The number of carbonyl (C=O) groups is 1. The van der Waals surface area contributed by atoms with E-state index in [1.807, 2.05) is 61.5 Å². The van der Waals surface area contributed by atoms with E-state index in [9.17, 15) is 4.79 Å².